The molecule has 0 fully saturated rings. The molecule has 0 atom stereocenters. The molecule has 3 rings (SSSR count). The fraction of sp³-hybridized carbons (Fsp3) is 0.190. The van der Waals surface area contributed by atoms with Gasteiger partial charge in [-0.15, -0.1) is 0 Å². The Morgan fingerprint density at radius 2 is 1.93 bits per heavy atom. The summed E-state index contributed by atoms with van der Waals surface area (Å²) < 4.78 is 5.62. The lowest BCUT2D eigenvalue weighted by Crippen LogP contribution is -2.19. The Balaban J connectivity index is 1.74. The molecule has 0 unspecified atom stereocenters. The molecule has 0 saturated carbocycles. The van der Waals surface area contributed by atoms with Gasteiger partial charge in [0, 0.05) is 5.56 Å². The number of hydrogen-bond acceptors (Lipinski definition) is 4. The largest absolute Gasteiger partial charge is 0.493 e. The number of para-hydroxylation sites is 1. The van der Waals surface area contributed by atoms with Crippen molar-refractivity contribution in [2.24, 2.45) is 5.10 Å². The van der Waals surface area contributed by atoms with Gasteiger partial charge in [0.2, 0.25) is 0 Å². The monoisotopic (exact) mass is 362 g/mol. The number of aromatic amines is 1. The van der Waals surface area contributed by atoms with E-state index < -0.39 is 0 Å². The first-order valence-corrected chi connectivity index (χ1v) is 8.77. The van der Waals surface area contributed by atoms with Gasteiger partial charge >= 0.3 is 0 Å². The molecule has 0 aliphatic rings. The van der Waals surface area contributed by atoms with E-state index in [1.807, 2.05) is 69.3 Å². The van der Waals surface area contributed by atoms with Crippen LogP contribution in [0.3, 0.4) is 0 Å². The molecule has 0 radical (unpaired) electrons. The number of rotatable bonds is 6. The second-order valence-electron chi connectivity index (χ2n) is 6.10. The zero-order chi connectivity index (χ0) is 19.2. The van der Waals surface area contributed by atoms with Crippen molar-refractivity contribution in [2.75, 3.05) is 6.61 Å². The number of hydrazone groups is 1. The van der Waals surface area contributed by atoms with Crippen molar-refractivity contribution < 1.29 is 9.53 Å². The second-order valence-corrected chi connectivity index (χ2v) is 6.10. The lowest BCUT2D eigenvalue weighted by atomic mass is 10.1. The smallest absolute Gasteiger partial charge is 0.289 e. The summed E-state index contributed by atoms with van der Waals surface area (Å²) in [6.07, 6.45) is 0. The van der Waals surface area contributed by atoms with Gasteiger partial charge in [0.05, 0.1) is 18.0 Å². The third kappa shape index (κ3) is 4.41. The molecule has 3 aromatic rings. The number of aromatic nitrogens is 2. The van der Waals surface area contributed by atoms with Crippen LogP contribution in [0, 0.1) is 6.92 Å². The number of nitrogens with zero attached hydrogens (tertiary/aromatic N) is 2. The average Bonchev–Trinajstić information content (AvgIpc) is 3.17. The van der Waals surface area contributed by atoms with E-state index in [2.05, 4.69) is 20.7 Å². The first-order chi connectivity index (χ1) is 13.1. The van der Waals surface area contributed by atoms with Crippen LogP contribution in [0.15, 0.2) is 59.7 Å². The van der Waals surface area contributed by atoms with Crippen LogP contribution in [-0.4, -0.2) is 28.4 Å². The van der Waals surface area contributed by atoms with Gasteiger partial charge in [0.25, 0.3) is 5.91 Å². The van der Waals surface area contributed by atoms with Gasteiger partial charge in [0.15, 0.2) is 0 Å². The molecular formula is C21H22N4O2. The molecule has 6 nitrogen and oxygen atoms in total. The first kappa shape index (κ1) is 18.4. The van der Waals surface area contributed by atoms with Crippen molar-refractivity contribution in [3.05, 3.63) is 71.4 Å². The summed E-state index contributed by atoms with van der Waals surface area (Å²) in [6, 6.07) is 17.2. The van der Waals surface area contributed by atoms with Crippen LogP contribution >= 0.6 is 0 Å². The van der Waals surface area contributed by atoms with E-state index in [0.29, 0.717) is 18.0 Å². The van der Waals surface area contributed by atoms with Gasteiger partial charge < -0.3 is 4.74 Å². The fourth-order valence-corrected chi connectivity index (χ4v) is 2.59. The van der Waals surface area contributed by atoms with Gasteiger partial charge in [-0.25, -0.2) is 5.43 Å². The zero-order valence-electron chi connectivity index (χ0n) is 15.6. The van der Waals surface area contributed by atoms with Gasteiger partial charge in [-0.2, -0.15) is 10.2 Å². The normalized spacial score (nSPS) is 11.3. The Hall–Kier alpha value is -3.41. The minimum Gasteiger partial charge on any atom is -0.493 e. The van der Waals surface area contributed by atoms with E-state index >= 15 is 0 Å². The van der Waals surface area contributed by atoms with Gasteiger partial charge in [-0.3, -0.25) is 9.89 Å². The van der Waals surface area contributed by atoms with Crippen molar-refractivity contribution in [3.8, 4) is 17.0 Å². The summed E-state index contributed by atoms with van der Waals surface area (Å²) in [6.45, 7) is 6.36. The molecule has 2 aromatic carbocycles. The summed E-state index contributed by atoms with van der Waals surface area (Å²) in [5, 5.41) is 11.2. The Kier molecular flexibility index (Phi) is 5.66. The summed E-state index contributed by atoms with van der Waals surface area (Å²) >= 11 is 0. The van der Waals surface area contributed by atoms with Crippen molar-refractivity contribution in [1.29, 1.82) is 0 Å². The van der Waals surface area contributed by atoms with Crippen molar-refractivity contribution in [1.82, 2.24) is 15.6 Å². The molecule has 27 heavy (non-hydrogen) atoms. The number of carbonyl (C=O) groups is 1. The molecule has 138 valence electrons. The lowest BCUT2D eigenvalue weighted by molar-refractivity contribution is 0.0950. The minimum atomic E-state index is -0.353. The average molecular weight is 362 g/mol. The molecular weight excluding hydrogens is 340 g/mol. The highest BCUT2D eigenvalue weighted by Gasteiger charge is 2.13. The molecule has 2 N–H and O–H groups in total. The predicted molar refractivity (Wildman–Crippen MR) is 106 cm³/mol. The topological polar surface area (TPSA) is 79.4 Å². The summed E-state index contributed by atoms with van der Waals surface area (Å²) in [7, 11) is 0. The molecule has 1 heterocycles. The molecule has 0 spiro atoms. The Labute approximate surface area is 158 Å². The van der Waals surface area contributed by atoms with Crippen molar-refractivity contribution in [3.63, 3.8) is 0 Å². The first-order valence-electron chi connectivity index (χ1n) is 8.77. The predicted octanol–water partition coefficient (Wildman–Crippen LogP) is 3.94. The van der Waals surface area contributed by atoms with Crippen LogP contribution in [0.5, 0.6) is 5.75 Å². The fourth-order valence-electron chi connectivity index (χ4n) is 2.59. The third-order valence-corrected chi connectivity index (χ3v) is 4.08. The van der Waals surface area contributed by atoms with Crippen molar-refractivity contribution >= 4 is 11.6 Å². The maximum absolute atomic E-state index is 12.4. The lowest BCUT2D eigenvalue weighted by Gasteiger charge is -2.07. The number of aryl methyl sites for hydroxylation is 1. The quantitative estimate of drug-likeness (QED) is 0.515. The highest BCUT2D eigenvalue weighted by molar-refractivity contribution is 6.00. The molecule has 0 bridgehead atoms. The number of carbonyl (C=O) groups excluding carboxylic acids is 1. The number of ether oxygens (including phenoxy) is 1. The Morgan fingerprint density at radius 1 is 1.19 bits per heavy atom. The highest BCUT2D eigenvalue weighted by Crippen LogP contribution is 2.28. The van der Waals surface area contributed by atoms with Gasteiger partial charge in [-0.05, 0) is 44.5 Å². The van der Waals surface area contributed by atoms with Crippen LogP contribution in [0.25, 0.3) is 11.3 Å². The summed E-state index contributed by atoms with van der Waals surface area (Å²) in [5.41, 5.74) is 7.22. The number of hydrogen-bond donors (Lipinski definition) is 2. The molecule has 6 heteroatoms. The number of nitrogens with one attached hydrogen (secondary N) is 2. The number of amides is 1. The summed E-state index contributed by atoms with van der Waals surface area (Å²) in [4.78, 5) is 12.4. The Morgan fingerprint density at radius 3 is 2.67 bits per heavy atom. The van der Waals surface area contributed by atoms with Crippen molar-refractivity contribution in [2.45, 2.75) is 20.8 Å². The van der Waals surface area contributed by atoms with E-state index in [4.69, 9.17) is 4.74 Å². The van der Waals surface area contributed by atoms with Crippen LogP contribution in [-0.2, 0) is 0 Å². The standard InChI is InChI=1S/C21H22N4O2/c1-4-27-20-8-6-5-7-17(20)18-13-19(24-23-18)21(26)25-22-15(3)16-11-9-14(2)10-12-16/h5-13H,4H2,1-3H3,(H,23,24)(H,25,26)/b22-15-. The highest BCUT2D eigenvalue weighted by atomic mass is 16.5. The minimum absolute atomic E-state index is 0.330. The number of H-pyrrole nitrogens is 1. The molecule has 1 aromatic heterocycles. The van der Waals surface area contributed by atoms with Crippen LogP contribution in [0.2, 0.25) is 0 Å². The van der Waals surface area contributed by atoms with E-state index in [1.54, 1.807) is 6.07 Å². The zero-order valence-corrected chi connectivity index (χ0v) is 15.6. The molecule has 0 aliphatic carbocycles. The van der Waals surface area contributed by atoms with Crippen LogP contribution < -0.4 is 10.2 Å². The van der Waals surface area contributed by atoms with Crippen LogP contribution in [0.1, 0.15) is 35.5 Å². The van der Waals surface area contributed by atoms with Gasteiger partial charge in [-0.1, -0.05) is 42.0 Å². The van der Waals surface area contributed by atoms with Gasteiger partial charge in [0.1, 0.15) is 11.4 Å². The third-order valence-electron chi connectivity index (χ3n) is 4.08. The molecule has 0 aliphatic heterocycles. The summed E-state index contributed by atoms with van der Waals surface area (Å²) in [5.74, 6) is 0.376. The van der Waals surface area contributed by atoms with Crippen LogP contribution in [0.4, 0.5) is 0 Å². The maximum Gasteiger partial charge on any atom is 0.289 e. The van der Waals surface area contributed by atoms with E-state index in [1.165, 1.54) is 5.56 Å². The molecule has 1 amide bonds. The van der Waals surface area contributed by atoms with E-state index in [-0.39, 0.29) is 5.91 Å². The molecule has 0 saturated heterocycles. The maximum atomic E-state index is 12.4. The SMILES string of the molecule is CCOc1ccccc1-c1cc(C(=O)N/N=C(/C)c2ccc(C)cc2)[nH]n1. The number of benzene rings is 2. The van der Waals surface area contributed by atoms with E-state index in [0.717, 1.165) is 22.6 Å². The Bertz CT molecular complexity index is 958. The van der Waals surface area contributed by atoms with E-state index in [9.17, 15) is 4.79 Å². The second kappa shape index (κ2) is 8.31.